The molecule has 0 aliphatic carbocycles. The van der Waals surface area contributed by atoms with E-state index >= 15 is 0 Å². The van der Waals surface area contributed by atoms with Gasteiger partial charge in [0.2, 0.25) is 0 Å². The minimum absolute atomic E-state index is 0.0397. The van der Waals surface area contributed by atoms with E-state index in [1.165, 1.54) is 12.7 Å². The summed E-state index contributed by atoms with van der Waals surface area (Å²) < 4.78 is 12.8. The third-order valence-electron chi connectivity index (χ3n) is 6.55. The number of nitrogens with one attached hydrogen (secondary N) is 2. The summed E-state index contributed by atoms with van der Waals surface area (Å²) in [6.45, 7) is 1.84. The minimum Gasteiger partial charge on any atom is -0.464 e. The molecule has 0 radical (unpaired) electrons. The van der Waals surface area contributed by atoms with Gasteiger partial charge in [-0.15, -0.1) is 0 Å². The van der Waals surface area contributed by atoms with E-state index in [0.29, 0.717) is 42.0 Å². The van der Waals surface area contributed by atoms with E-state index in [2.05, 4.69) is 22.8 Å². The predicted molar refractivity (Wildman–Crippen MR) is 143 cm³/mol. The smallest absolute Gasteiger partial charge is 0.356 e. The van der Waals surface area contributed by atoms with Crippen molar-refractivity contribution < 1.29 is 19.1 Å². The van der Waals surface area contributed by atoms with Crippen LogP contribution in [0.3, 0.4) is 0 Å². The van der Waals surface area contributed by atoms with Crippen LogP contribution in [0, 0.1) is 0 Å². The van der Waals surface area contributed by atoms with Crippen LogP contribution in [0.2, 0.25) is 0 Å². The number of methoxy groups -OCH3 is 1. The molecule has 3 heterocycles. The summed E-state index contributed by atoms with van der Waals surface area (Å²) in [5.41, 5.74) is 3.75. The number of hydrogen-bond acceptors (Lipinski definition) is 6. The average Bonchev–Trinajstić information content (AvgIpc) is 3.56. The minimum atomic E-state index is -0.544. The molecule has 190 valence electrons. The lowest BCUT2D eigenvalue weighted by atomic mass is 10.1. The zero-order chi connectivity index (χ0) is 25.6. The molecule has 8 heteroatoms. The fourth-order valence-electron chi connectivity index (χ4n) is 4.70. The van der Waals surface area contributed by atoms with Crippen LogP contribution < -0.4 is 10.6 Å². The lowest BCUT2D eigenvalue weighted by Crippen LogP contribution is -2.21. The SMILES string of the molecule is COC(=O)c1c(NC(=O)c2ccccc2)c2cc(NCCc3ccccc3)cnc2n1C[C@H]1CCCO1. The molecule has 0 bridgehead atoms. The summed E-state index contributed by atoms with van der Waals surface area (Å²) in [6, 6.07) is 21.1. The summed E-state index contributed by atoms with van der Waals surface area (Å²) >= 11 is 0. The molecule has 4 aromatic rings. The maximum absolute atomic E-state index is 13.2. The Labute approximate surface area is 215 Å². The maximum Gasteiger partial charge on any atom is 0.356 e. The second-order valence-electron chi connectivity index (χ2n) is 9.04. The van der Waals surface area contributed by atoms with Crippen molar-refractivity contribution in [3.63, 3.8) is 0 Å². The molecule has 1 atom stereocenters. The highest BCUT2D eigenvalue weighted by molar-refractivity contribution is 6.14. The average molecular weight is 499 g/mol. The van der Waals surface area contributed by atoms with Gasteiger partial charge in [0.15, 0.2) is 5.69 Å². The fourth-order valence-corrected chi connectivity index (χ4v) is 4.70. The van der Waals surface area contributed by atoms with E-state index in [4.69, 9.17) is 14.5 Å². The largest absolute Gasteiger partial charge is 0.464 e. The molecule has 8 nitrogen and oxygen atoms in total. The Morgan fingerprint density at radius 1 is 1.11 bits per heavy atom. The highest BCUT2D eigenvalue weighted by atomic mass is 16.5. The first-order chi connectivity index (χ1) is 18.1. The number of rotatable bonds is 9. The first-order valence-electron chi connectivity index (χ1n) is 12.5. The Bertz CT molecular complexity index is 1380. The summed E-state index contributed by atoms with van der Waals surface area (Å²) in [7, 11) is 1.34. The molecule has 1 aliphatic rings. The van der Waals surface area contributed by atoms with Gasteiger partial charge in [-0.25, -0.2) is 9.78 Å². The van der Waals surface area contributed by atoms with Gasteiger partial charge < -0.3 is 24.7 Å². The van der Waals surface area contributed by atoms with Crippen LogP contribution in [0.25, 0.3) is 11.0 Å². The summed E-state index contributed by atoms with van der Waals surface area (Å²) in [6.07, 6.45) is 4.43. The number of ether oxygens (including phenoxy) is 2. The Balaban J connectivity index is 1.52. The van der Waals surface area contributed by atoms with Crippen LogP contribution in [0.5, 0.6) is 0 Å². The van der Waals surface area contributed by atoms with Crippen molar-refractivity contribution >= 4 is 34.3 Å². The van der Waals surface area contributed by atoms with Gasteiger partial charge in [0, 0.05) is 24.1 Å². The third-order valence-corrected chi connectivity index (χ3v) is 6.55. The van der Waals surface area contributed by atoms with Crippen molar-refractivity contribution in [1.82, 2.24) is 9.55 Å². The standard InChI is InChI=1S/C29H30N4O4/c1-36-29(35)26-25(32-28(34)21-11-6-3-7-12-21)24-17-22(30-15-14-20-9-4-2-5-10-20)18-31-27(24)33(26)19-23-13-8-16-37-23/h2-7,9-12,17-18,23,30H,8,13-16,19H2,1H3,(H,32,34)/t23-/m1/s1. The van der Waals surface area contributed by atoms with Gasteiger partial charge in [0.25, 0.3) is 5.91 Å². The second kappa shape index (κ2) is 11.3. The highest BCUT2D eigenvalue weighted by Gasteiger charge is 2.29. The number of benzene rings is 2. The summed E-state index contributed by atoms with van der Waals surface area (Å²) in [4.78, 5) is 30.9. The maximum atomic E-state index is 13.2. The highest BCUT2D eigenvalue weighted by Crippen LogP contribution is 2.34. The molecule has 1 fully saturated rings. The molecule has 5 rings (SSSR count). The van der Waals surface area contributed by atoms with Crippen LogP contribution >= 0.6 is 0 Å². The van der Waals surface area contributed by atoms with Gasteiger partial charge in [-0.2, -0.15) is 0 Å². The Hall–Kier alpha value is -4.17. The van der Waals surface area contributed by atoms with Crippen LogP contribution in [0.1, 0.15) is 39.3 Å². The zero-order valence-corrected chi connectivity index (χ0v) is 20.8. The second-order valence-corrected chi connectivity index (χ2v) is 9.04. The normalized spacial score (nSPS) is 15.0. The van der Waals surface area contributed by atoms with Crippen molar-refractivity contribution in [3.8, 4) is 0 Å². The first kappa shape index (κ1) is 24.5. The fraction of sp³-hybridized carbons (Fsp3) is 0.276. The molecular weight excluding hydrogens is 468 g/mol. The molecule has 37 heavy (non-hydrogen) atoms. The molecule has 1 amide bonds. The Kier molecular flexibility index (Phi) is 7.46. The monoisotopic (exact) mass is 498 g/mol. The Morgan fingerprint density at radius 2 is 1.86 bits per heavy atom. The lowest BCUT2D eigenvalue weighted by molar-refractivity contribution is 0.0580. The van der Waals surface area contributed by atoms with E-state index < -0.39 is 5.97 Å². The van der Waals surface area contributed by atoms with Gasteiger partial charge in [0.05, 0.1) is 37.3 Å². The number of amides is 1. The number of nitrogens with zero attached hydrogens (tertiary/aromatic N) is 2. The van der Waals surface area contributed by atoms with Crippen molar-refractivity contribution in [1.29, 1.82) is 0 Å². The Morgan fingerprint density at radius 3 is 2.57 bits per heavy atom. The third kappa shape index (κ3) is 5.49. The first-order valence-corrected chi connectivity index (χ1v) is 12.5. The van der Waals surface area contributed by atoms with E-state index in [0.717, 1.165) is 24.9 Å². The molecule has 1 saturated heterocycles. The molecule has 2 aromatic heterocycles. The molecule has 2 aromatic carbocycles. The molecule has 1 aliphatic heterocycles. The number of esters is 1. The number of fused-ring (bicyclic) bond motifs is 1. The molecular formula is C29H30N4O4. The number of hydrogen-bond donors (Lipinski definition) is 2. The molecule has 0 saturated carbocycles. The van der Waals surface area contributed by atoms with Crippen LogP contribution in [-0.2, 0) is 22.4 Å². The van der Waals surface area contributed by atoms with Gasteiger partial charge >= 0.3 is 5.97 Å². The van der Waals surface area contributed by atoms with Gasteiger partial charge in [0.1, 0.15) is 5.65 Å². The van der Waals surface area contributed by atoms with Crippen molar-refractivity contribution in [2.24, 2.45) is 0 Å². The number of pyridine rings is 1. The predicted octanol–water partition coefficient (Wildman–Crippen LogP) is 4.91. The van der Waals surface area contributed by atoms with E-state index in [9.17, 15) is 9.59 Å². The topological polar surface area (TPSA) is 94.5 Å². The van der Waals surface area contributed by atoms with Crippen LogP contribution in [0.4, 0.5) is 11.4 Å². The number of anilines is 2. The van der Waals surface area contributed by atoms with E-state index in [1.54, 1.807) is 30.5 Å². The van der Waals surface area contributed by atoms with Crippen LogP contribution in [-0.4, -0.2) is 47.8 Å². The molecule has 0 unspecified atom stereocenters. The van der Waals surface area contributed by atoms with Gasteiger partial charge in [-0.05, 0) is 43.0 Å². The van der Waals surface area contributed by atoms with Crippen LogP contribution in [0.15, 0.2) is 72.9 Å². The molecule has 0 spiro atoms. The van der Waals surface area contributed by atoms with E-state index in [1.807, 2.05) is 34.9 Å². The van der Waals surface area contributed by atoms with Crippen molar-refractivity contribution in [3.05, 3.63) is 89.7 Å². The van der Waals surface area contributed by atoms with Gasteiger partial charge in [-0.3, -0.25) is 4.79 Å². The summed E-state index contributed by atoms with van der Waals surface area (Å²) in [5, 5.41) is 7.05. The number of aromatic nitrogens is 2. The lowest BCUT2D eigenvalue weighted by Gasteiger charge is -2.14. The van der Waals surface area contributed by atoms with Crippen molar-refractivity contribution in [2.45, 2.75) is 31.9 Å². The number of carbonyl (C=O) groups is 2. The van der Waals surface area contributed by atoms with Gasteiger partial charge in [-0.1, -0.05) is 48.5 Å². The zero-order valence-electron chi connectivity index (χ0n) is 20.8. The van der Waals surface area contributed by atoms with Crippen molar-refractivity contribution in [2.75, 3.05) is 30.9 Å². The van der Waals surface area contributed by atoms with E-state index in [-0.39, 0.29) is 17.7 Å². The quantitative estimate of drug-likeness (QED) is 0.319. The molecule has 2 N–H and O–H groups in total. The number of carbonyl (C=O) groups excluding carboxylic acids is 2. The summed E-state index contributed by atoms with van der Waals surface area (Å²) in [5.74, 6) is -0.859.